The molecule has 1 heterocycles. The molecule has 0 radical (unpaired) electrons. The van der Waals surface area contributed by atoms with Crippen molar-refractivity contribution in [3.8, 4) is 11.3 Å². The highest BCUT2D eigenvalue weighted by molar-refractivity contribution is 5.84. The van der Waals surface area contributed by atoms with Gasteiger partial charge in [0, 0.05) is 10.7 Å². The molecule has 0 fully saturated rings. The Morgan fingerprint density at radius 1 is 1.19 bits per heavy atom. The van der Waals surface area contributed by atoms with Crippen LogP contribution in [0.3, 0.4) is 0 Å². The van der Waals surface area contributed by atoms with Crippen LogP contribution in [0.15, 0.2) is 41.6 Å². The maximum atomic E-state index is 13.2. The van der Waals surface area contributed by atoms with Gasteiger partial charge in [0.15, 0.2) is 5.69 Å². The third kappa shape index (κ3) is 5.08. The summed E-state index contributed by atoms with van der Waals surface area (Å²) in [5.74, 6) is -1.40. The number of anilines is 1. The molecule has 1 aromatic carbocycles. The molecule has 138 valence electrons. The molecule has 0 bridgehead atoms. The van der Waals surface area contributed by atoms with Crippen LogP contribution in [0.5, 0.6) is 0 Å². The van der Waals surface area contributed by atoms with Crippen molar-refractivity contribution in [3.63, 3.8) is 0 Å². The minimum Gasteiger partial charge on any atom is -0.342 e. The highest BCUT2D eigenvalue weighted by atomic mass is 19.4. The second kappa shape index (κ2) is 8.03. The van der Waals surface area contributed by atoms with Gasteiger partial charge >= 0.3 is 12.1 Å². The number of carbonyl (C=O) groups excluding carboxylic acids is 1. The zero-order valence-electron chi connectivity index (χ0n) is 14.1. The summed E-state index contributed by atoms with van der Waals surface area (Å²) in [6.07, 6.45) is -4.49. The molecule has 0 aliphatic heterocycles. The van der Waals surface area contributed by atoms with Crippen LogP contribution in [-0.4, -0.2) is 21.9 Å². The van der Waals surface area contributed by atoms with Gasteiger partial charge in [-0.25, -0.2) is 9.97 Å². The van der Waals surface area contributed by atoms with Crippen LogP contribution in [0.2, 0.25) is 0 Å². The minimum atomic E-state index is -4.69. The first kappa shape index (κ1) is 19.5. The number of hydrogen-bond donors (Lipinski definition) is 1. The number of carbonyl (C=O) groups is 1. The third-order valence-corrected chi connectivity index (χ3v) is 3.48. The third-order valence-electron chi connectivity index (χ3n) is 3.48. The fourth-order valence-corrected chi connectivity index (χ4v) is 2.33. The highest BCUT2D eigenvalue weighted by Gasteiger charge is 2.34. The lowest BCUT2D eigenvalue weighted by Gasteiger charge is -2.18. The van der Waals surface area contributed by atoms with Gasteiger partial charge in [-0.05, 0) is 18.4 Å². The van der Waals surface area contributed by atoms with E-state index >= 15 is 0 Å². The molecule has 1 unspecified atom stereocenters. The molecule has 2 aromatic rings. The SMILES string of the molecule is CC(C)CC(Nc1nc(-c2ccccc2)cc(C(F)(F)F)n1)C(=O)N=O. The summed E-state index contributed by atoms with van der Waals surface area (Å²) in [4.78, 5) is 29.8. The van der Waals surface area contributed by atoms with E-state index in [0.717, 1.165) is 6.07 Å². The number of benzene rings is 1. The Balaban J connectivity index is 2.46. The number of alkyl halides is 3. The molecular formula is C17H17F3N4O2. The average Bonchev–Trinajstić information content (AvgIpc) is 2.60. The van der Waals surface area contributed by atoms with Crippen LogP contribution in [0.4, 0.5) is 19.1 Å². The van der Waals surface area contributed by atoms with E-state index in [-0.39, 0.29) is 24.0 Å². The van der Waals surface area contributed by atoms with Gasteiger partial charge in [-0.2, -0.15) is 13.2 Å². The van der Waals surface area contributed by atoms with Gasteiger partial charge in [-0.3, -0.25) is 4.79 Å². The Morgan fingerprint density at radius 3 is 2.38 bits per heavy atom. The Morgan fingerprint density at radius 2 is 1.85 bits per heavy atom. The van der Waals surface area contributed by atoms with Crippen molar-refractivity contribution >= 4 is 11.9 Å². The van der Waals surface area contributed by atoms with Crippen LogP contribution in [0.25, 0.3) is 11.3 Å². The molecular weight excluding hydrogens is 349 g/mol. The summed E-state index contributed by atoms with van der Waals surface area (Å²) >= 11 is 0. The van der Waals surface area contributed by atoms with Crippen molar-refractivity contribution in [1.82, 2.24) is 9.97 Å². The van der Waals surface area contributed by atoms with E-state index in [1.165, 1.54) is 0 Å². The minimum absolute atomic E-state index is 0.00223. The summed E-state index contributed by atoms with van der Waals surface area (Å²) in [5, 5.41) is 4.88. The lowest BCUT2D eigenvalue weighted by molar-refractivity contribution is -0.141. The Hall–Kier alpha value is -2.84. The van der Waals surface area contributed by atoms with E-state index < -0.39 is 23.8 Å². The van der Waals surface area contributed by atoms with Crippen molar-refractivity contribution in [2.45, 2.75) is 32.5 Å². The Bertz CT molecular complexity index is 779. The topological polar surface area (TPSA) is 84.3 Å². The zero-order valence-corrected chi connectivity index (χ0v) is 14.1. The van der Waals surface area contributed by atoms with Crippen LogP contribution in [0, 0.1) is 10.8 Å². The van der Waals surface area contributed by atoms with Gasteiger partial charge in [0.2, 0.25) is 5.95 Å². The largest absolute Gasteiger partial charge is 0.433 e. The van der Waals surface area contributed by atoms with E-state index in [1.807, 2.05) is 0 Å². The van der Waals surface area contributed by atoms with Crippen molar-refractivity contribution in [1.29, 1.82) is 0 Å². The summed E-state index contributed by atoms with van der Waals surface area (Å²) in [5.41, 5.74) is -0.641. The van der Waals surface area contributed by atoms with Crippen LogP contribution < -0.4 is 5.32 Å². The molecule has 1 N–H and O–H groups in total. The van der Waals surface area contributed by atoms with Gasteiger partial charge in [0.1, 0.15) is 6.04 Å². The quantitative estimate of drug-likeness (QED) is 0.771. The second-order valence-corrected chi connectivity index (χ2v) is 6.08. The molecule has 26 heavy (non-hydrogen) atoms. The standard InChI is InChI=1S/C17H17F3N4O2/c1-10(2)8-13(15(25)24-26)22-16-21-12(11-6-4-3-5-7-11)9-14(23-16)17(18,19)20/h3-7,9-10,13H,8H2,1-2H3,(H,21,22,23). The van der Waals surface area contributed by atoms with Crippen molar-refractivity contribution in [2.24, 2.45) is 11.1 Å². The second-order valence-electron chi connectivity index (χ2n) is 6.08. The molecule has 0 aliphatic carbocycles. The molecule has 0 spiro atoms. The predicted molar refractivity (Wildman–Crippen MR) is 90.1 cm³/mol. The number of nitrogens with zero attached hydrogens (tertiary/aromatic N) is 3. The molecule has 1 aromatic heterocycles. The summed E-state index contributed by atoms with van der Waals surface area (Å²) in [6, 6.07) is 8.00. The summed E-state index contributed by atoms with van der Waals surface area (Å²) < 4.78 is 39.5. The maximum Gasteiger partial charge on any atom is 0.433 e. The Labute approximate surface area is 147 Å². The first-order chi connectivity index (χ1) is 12.2. The normalized spacial score (nSPS) is 12.7. The highest BCUT2D eigenvalue weighted by Crippen LogP contribution is 2.31. The van der Waals surface area contributed by atoms with E-state index in [0.29, 0.717) is 5.56 Å². The number of halogens is 3. The van der Waals surface area contributed by atoms with E-state index in [4.69, 9.17) is 0 Å². The average molecular weight is 366 g/mol. The lowest BCUT2D eigenvalue weighted by atomic mass is 10.0. The number of hydrogen-bond acceptors (Lipinski definition) is 5. The first-order valence-electron chi connectivity index (χ1n) is 7.86. The van der Waals surface area contributed by atoms with Crippen LogP contribution in [0.1, 0.15) is 26.0 Å². The monoisotopic (exact) mass is 366 g/mol. The molecule has 0 saturated heterocycles. The van der Waals surface area contributed by atoms with Gasteiger partial charge in [0.25, 0.3) is 0 Å². The van der Waals surface area contributed by atoms with E-state index in [9.17, 15) is 22.9 Å². The lowest BCUT2D eigenvalue weighted by Crippen LogP contribution is -2.31. The molecule has 1 amide bonds. The van der Waals surface area contributed by atoms with Gasteiger partial charge in [0.05, 0.1) is 5.69 Å². The van der Waals surface area contributed by atoms with Gasteiger partial charge in [-0.15, -0.1) is 4.91 Å². The van der Waals surface area contributed by atoms with Crippen molar-refractivity contribution in [2.75, 3.05) is 5.32 Å². The number of aromatic nitrogens is 2. The van der Waals surface area contributed by atoms with Gasteiger partial charge < -0.3 is 5.32 Å². The van der Waals surface area contributed by atoms with Crippen LogP contribution >= 0.6 is 0 Å². The first-order valence-corrected chi connectivity index (χ1v) is 7.86. The van der Waals surface area contributed by atoms with Gasteiger partial charge in [-0.1, -0.05) is 44.2 Å². The Kier molecular flexibility index (Phi) is 6.01. The molecule has 0 saturated carbocycles. The fourth-order valence-electron chi connectivity index (χ4n) is 2.33. The van der Waals surface area contributed by atoms with Crippen LogP contribution in [-0.2, 0) is 11.0 Å². The van der Waals surface area contributed by atoms with Crippen molar-refractivity contribution < 1.29 is 18.0 Å². The number of amides is 1. The molecule has 1 atom stereocenters. The molecule has 2 rings (SSSR count). The van der Waals surface area contributed by atoms with E-state index in [2.05, 4.69) is 20.5 Å². The number of nitrogens with one attached hydrogen (secondary N) is 1. The molecule has 9 heteroatoms. The molecule has 0 aliphatic rings. The smallest absolute Gasteiger partial charge is 0.342 e. The predicted octanol–water partition coefficient (Wildman–Crippen LogP) is 4.28. The number of nitroso groups, excluding NO2 is 1. The van der Waals surface area contributed by atoms with E-state index in [1.54, 1.807) is 44.2 Å². The maximum absolute atomic E-state index is 13.2. The van der Waals surface area contributed by atoms with Crippen molar-refractivity contribution in [3.05, 3.63) is 47.0 Å². The number of rotatable bonds is 6. The zero-order chi connectivity index (χ0) is 19.3. The molecule has 6 nitrogen and oxygen atoms in total. The summed E-state index contributed by atoms with van der Waals surface area (Å²) in [6.45, 7) is 3.60. The summed E-state index contributed by atoms with van der Waals surface area (Å²) in [7, 11) is 0. The fraction of sp³-hybridized carbons (Fsp3) is 0.353.